The average molecular weight is 346 g/mol. The second kappa shape index (κ2) is 7.95. The van der Waals surface area contributed by atoms with E-state index < -0.39 is 0 Å². The van der Waals surface area contributed by atoms with E-state index in [1.54, 1.807) is 7.11 Å². The van der Waals surface area contributed by atoms with Crippen molar-refractivity contribution >= 4 is 11.6 Å². The molecule has 0 spiro atoms. The number of guanidine groups is 1. The smallest absolute Gasteiger partial charge is 0.194 e. The van der Waals surface area contributed by atoms with Gasteiger partial charge < -0.3 is 24.6 Å². The van der Waals surface area contributed by atoms with E-state index in [1.807, 2.05) is 12.1 Å². The second-order valence-corrected chi connectivity index (χ2v) is 7.12. The van der Waals surface area contributed by atoms with Crippen molar-refractivity contribution in [1.82, 2.24) is 10.2 Å². The van der Waals surface area contributed by atoms with Gasteiger partial charge in [-0.05, 0) is 19.1 Å². The molecule has 0 aromatic heterocycles. The molecule has 25 heavy (non-hydrogen) atoms. The minimum absolute atomic E-state index is 0.208. The van der Waals surface area contributed by atoms with Gasteiger partial charge in [-0.2, -0.15) is 0 Å². The molecule has 3 rings (SSSR count). The molecule has 138 valence electrons. The number of nitrogens with zero attached hydrogens (tertiary/aromatic N) is 3. The minimum Gasteiger partial charge on any atom is -0.495 e. The van der Waals surface area contributed by atoms with E-state index in [-0.39, 0.29) is 5.41 Å². The molecule has 2 heterocycles. The molecule has 6 nitrogen and oxygen atoms in total. The Kier molecular flexibility index (Phi) is 5.68. The highest BCUT2D eigenvalue weighted by Gasteiger charge is 2.33. The van der Waals surface area contributed by atoms with Crippen LogP contribution in [0.25, 0.3) is 0 Å². The van der Waals surface area contributed by atoms with Crippen LogP contribution in [0, 0.1) is 5.41 Å². The van der Waals surface area contributed by atoms with Crippen LogP contribution in [-0.4, -0.2) is 70.5 Å². The fourth-order valence-electron chi connectivity index (χ4n) is 3.28. The molecule has 1 aromatic rings. The Morgan fingerprint density at radius 2 is 1.96 bits per heavy atom. The third kappa shape index (κ3) is 4.18. The van der Waals surface area contributed by atoms with Crippen molar-refractivity contribution in [2.45, 2.75) is 13.8 Å². The number of ether oxygens (including phenoxy) is 2. The molecule has 0 unspecified atom stereocenters. The molecule has 0 saturated carbocycles. The first-order chi connectivity index (χ1) is 12.1. The molecule has 2 fully saturated rings. The molecule has 0 aliphatic carbocycles. The van der Waals surface area contributed by atoms with Gasteiger partial charge in [0, 0.05) is 38.1 Å². The Morgan fingerprint density at radius 1 is 1.24 bits per heavy atom. The third-order valence-electron chi connectivity index (χ3n) is 4.85. The van der Waals surface area contributed by atoms with Crippen molar-refractivity contribution in [2.24, 2.45) is 10.4 Å². The number of anilines is 1. The SMILES string of the molecule is CCNC(=NCC1(C)COC1)N1CCN(c2ccccc2OC)CC1. The normalized spacial score (nSPS) is 20.2. The molecular weight excluding hydrogens is 316 g/mol. The van der Waals surface area contributed by atoms with Crippen LogP contribution in [0.15, 0.2) is 29.3 Å². The number of hydrogen-bond acceptors (Lipinski definition) is 4. The van der Waals surface area contributed by atoms with Gasteiger partial charge in [0.1, 0.15) is 5.75 Å². The summed E-state index contributed by atoms with van der Waals surface area (Å²) in [5.41, 5.74) is 1.38. The number of methoxy groups -OCH3 is 1. The lowest BCUT2D eigenvalue weighted by Gasteiger charge is -2.39. The monoisotopic (exact) mass is 346 g/mol. The number of piperazine rings is 1. The zero-order valence-corrected chi connectivity index (χ0v) is 15.6. The van der Waals surface area contributed by atoms with E-state index in [1.165, 1.54) is 5.69 Å². The quantitative estimate of drug-likeness (QED) is 0.651. The summed E-state index contributed by atoms with van der Waals surface area (Å²) in [4.78, 5) is 9.62. The van der Waals surface area contributed by atoms with Gasteiger partial charge in [-0.25, -0.2) is 0 Å². The van der Waals surface area contributed by atoms with Crippen LogP contribution < -0.4 is 15.0 Å². The zero-order valence-electron chi connectivity index (χ0n) is 15.6. The predicted octanol–water partition coefficient (Wildman–Crippen LogP) is 1.82. The van der Waals surface area contributed by atoms with Crippen molar-refractivity contribution < 1.29 is 9.47 Å². The van der Waals surface area contributed by atoms with Gasteiger partial charge in [-0.1, -0.05) is 19.1 Å². The summed E-state index contributed by atoms with van der Waals surface area (Å²) >= 11 is 0. The lowest BCUT2D eigenvalue weighted by Crippen LogP contribution is -2.53. The van der Waals surface area contributed by atoms with E-state index in [2.05, 4.69) is 41.1 Å². The summed E-state index contributed by atoms with van der Waals surface area (Å²) in [6.45, 7) is 11.5. The molecule has 1 N–H and O–H groups in total. The maximum atomic E-state index is 5.50. The van der Waals surface area contributed by atoms with E-state index in [4.69, 9.17) is 14.5 Å². The first-order valence-electron chi connectivity index (χ1n) is 9.14. The van der Waals surface area contributed by atoms with Crippen molar-refractivity contribution in [2.75, 3.05) is 64.5 Å². The highest BCUT2D eigenvalue weighted by atomic mass is 16.5. The van der Waals surface area contributed by atoms with Crippen LogP contribution in [0.5, 0.6) is 5.75 Å². The Bertz CT molecular complexity index is 593. The van der Waals surface area contributed by atoms with Crippen LogP contribution in [0.4, 0.5) is 5.69 Å². The third-order valence-corrected chi connectivity index (χ3v) is 4.85. The number of rotatable bonds is 5. The maximum Gasteiger partial charge on any atom is 0.194 e. The molecule has 2 aliphatic rings. The van der Waals surface area contributed by atoms with E-state index in [0.717, 1.165) is 64.2 Å². The molecule has 0 radical (unpaired) electrons. The molecular formula is C19H30N4O2. The Labute approximate surface area is 150 Å². The topological polar surface area (TPSA) is 49.3 Å². The number of nitrogens with one attached hydrogen (secondary N) is 1. The fraction of sp³-hybridized carbons (Fsp3) is 0.632. The van der Waals surface area contributed by atoms with Gasteiger partial charge in [-0.15, -0.1) is 0 Å². The lowest BCUT2D eigenvalue weighted by atomic mass is 9.89. The molecule has 2 saturated heterocycles. The Hall–Kier alpha value is -1.95. The lowest BCUT2D eigenvalue weighted by molar-refractivity contribution is -0.0946. The maximum absolute atomic E-state index is 5.50. The molecule has 0 bridgehead atoms. The number of hydrogen-bond donors (Lipinski definition) is 1. The second-order valence-electron chi connectivity index (χ2n) is 7.12. The van der Waals surface area contributed by atoms with Crippen LogP contribution in [0.1, 0.15) is 13.8 Å². The van der Waals surface area contributed by atoms with Crippen LogP contribution >= 0.6 is 0 Å². The highest BCUT2D eigenvalue weighted by Crippen LogP contribution is 2.29. The first kappa shape index (κ1) is 17.9. The summed E-state index contributed by atoms with van der Waals surface area (Å²) in [7, 11) is 1.73. The summed E-state index contributed by atoms with van der Waals surface area (Å²) in [6.07, 6.45) is 0. The molecule has 0 amide bonds. The van der Waals surface area contributed by atoms with Gasteiger partial charge in [0.25, 0.3) is 0 Å². The van der Waals surface area contributed by atoms with Gasteiger partial charge >= 0.3 is 0 Å². The number of aliphatic imine (C=N–C) groups is 1. The van der Waals surface area contributed by atoms with Crippen LogP contribution in [-0.2, 0) is 4.74 Å². The van der Waals surface area contributed by atoms with Crippen LogP contribution in [0.2, 0.25) is 0 Å². The standard InChI is InChI=1S/C19H30N4O2/c1-4-20-18(21-13-19(2)14-25-15-19)23-11-9-22(10-12-23)16-7-5-6-8-17(16)24-3/h5-8H,4,9-15H2,1-3H3,(H,20,21). The van der Waals surface area contributed by atoms with Crippen molar-refractivity contribution in [3.8, 4) is 5.75 Å². The fourth-order valence-corrected chi connectivity index (χ4v) is 3.28. The van der Waals surface area contributed by atoms with E-state index in [9.17, 15) is 0 Å². The van der Waals surface area contributed by atoms with Crippen molar-refractivity contribution in [3.05, 3.63) is 24.3 Å². The summed E-state index contributed by atoms with van der Waals surface area (Å²) < 4.78 is 10.8. The summed E-state index contributed by atoms with van der Waals surface area (Å²) in [5, 5.41) is 3.44. The van der Waals surface area contributed by atoms with E-state index >= 15 is 0 Å². The van der Waals surface area contributed by atoms with E-state index in [0.29, 0.717) is 0 Å². The average Bonchev–Trinajstić information content (AvgIpc) is 2.63. The first-order valence-corrected chi connectivity index (χ1v) is 9.14. The zero-order chi connectivity index (χ0) is 17.7. The highest BCUT2D eigenvalue weighted by molar-refractivity contribution is 5.80. The molecule has 0 atom stereocenters. The molecule has 1 aromatic carbocycles. The predicted molar refractivity (Wildman–Crippen MR) is 102 cm³/mol. The van der Waals surface area contributed by atoms with Crippen LogP contribution in [0.3, 0.4) is 0 Å². The Morgan fingerprint density at radius 3 is 2.56 bits per heavy atom. The Balaban J connectivity index is 1.62. The van der Waals surface area contributed by atoms with Crippen molar-refractivity contribution in [1.29, 1.82) is 0 Å². The number of para-hydroxylation sites is 2. The van der Waals surface area contributed by atoms with Gasteiger partial charge in [0.2, 0.25) is 0 Å². The summed E-state index contributed by atoms with van der Waals surface area (Å²) in [5.74, 6) is 1.96. The minimum atomic E-state index is 0.208. The molecule has 2 aliphatic heterocycles. The number of benzene rings is 1. The van der Waals surface area contributed by atoms with Gasteiger partial charge in [-0.3, -0.25) is 4.99 Å². The van der Waals surface area contributed by atoms with Gasteiger partial charge in [0.15, 0.2) is 5.96 Å². The summed E-state index contributed by atoms with van der Waals surface area (Å²) in [6, 6.07) is 8.23. The van der Waals surface area contributed by atoms with Gasteiger partial charge in [0.05, 0.1) is 32.6 Å². The largest absolute Gasteiger partial charge is 0.495 e. The molecule has 6 heteroatoms. The van der Waals surface area contributed by atoms with Crippen molar-refractivity contribution in [3.63, 3.8) is 0 Å².